The lowest BCUT2D eigenvalue weighted by atomic mass is 9.58. The van der Waals surface area contributed by atoms with Crippen LogP contribution in [0.25, 0.3) is 0 Å². The Labute approximate surface area is 128 Å². The molecule has 5 rings (SSSR count). The molecule has 4 atom stereocenters. The lowest BCUT2D eigenvalue weighted by molar-refractivity contribution is -0.153. The molecule has 1 saturated carbocycles. The van der Waals surface area contributed by atoms with E-state index in [1.165, 1.54) is 11.1 Å². The Morgan fingerprint density at radius 3 is 1.68 bits per heavy atom. The molecule has 0 saturated heterocycles. The molecular formula is C18H16N2O2. The lowest BCUT2D eigenvalue weighted by Gasteiger charge is -2.61. The molecule has 0 spiro atoms. The fourth-order valence-electron chi connectivity index (χ4n) is 4.53. The number of carbonyl (C=O) groups is 2. The van der Waals surface area contributed by atoms with Crippen LogP contribution in [0, 0.1) is 11.8 Å². The van der Waals surface area contributed by atoms with Crippen LogP contribution in [0.4, 0.5) is 0 Å². The molecule has 1 aromatic rings. The Morgan fingerprint density at radius 2 is 1.23 bits per heavy atom. The fourth-order valence-corrected chi connectivity index (χ4v) is 4.53. The van der Waals surface area contributed by atoms with Crippen molar-refractivity contribution in [1.82, 2.24) is 9.80 Å². The zero-order valence-electron chi connectivity index (χ0n) is 12.1. The summed E-state index contributed by atoms with van der Waals surface area (Å²) in [6.45, 7) is 1.63. The van der Waals surface area contributed by atoms with Gasteiger partial charge in [0.15, 0.2) is 11.6 Å². The first-order valence-corrected chi connectivity index (χ1v) is 7.76. The molecular weight excluding hydrogens is 276 g/mol. The largest absolute Gasteiger partial charge is 0.367 e. The van der Waals surface area contributed by atoms with Crippen molar-refractivity contribution in [3.05, 3.63) is 59.9 Å². The molecule has 0 N–H and O–H groups in total. The Hall–Kier alpha value is -2.36. The Balaban J connectivity index is 1.68. The first-order chi connectivity index (χ1) is 10.7. The Bertz CT molecular complexity index is 688. The number of rotatable bonds is 0. The topological polar surface area (TPSA) is 40.6 Å². The van der Waals surface area contributed by atoms with Crippen molar-refractivity contribution in [2.75, 3.05) is 0 Å². The number of allylic oxidation sites excluding steroid dienone is 2. The standard InChI is InChI=1S/C18H16N2O2/c21-13-5-7-19-9-11-3-1-2-4-12(11)10-20-8-6-14(22)16-15(13)17(19)18(16)20/h1-8,15-18H,9-10H2/t15-,16+,17-,18+. The van der Waals surface area contributed by atoms with Crippen LogP contribution in [-0.4, -0.2) is 33.4 Å². The molecule has 0 radical (unpaired) electrons. The van der Waals surface area contributed by atoms with E-state index in [1.807, 2.05) is 12.4 Å². The van der Waals surface area contributed by atoms with Gasteiger partial charge in [-0.15, -0.1) is 0 Å². The van der Waals surface area contributed by atoms with Crippen LogP contribution in [0.5, 0.6) is 0 Å². The van der Waals surface area contributed by atoms with Gasteiger partial charge in [-0.25, -0.2) is 0 Å². The van der Waals surface area contributed by atoms with E-state index < -0.39 is 0 Å². The summed E-state index contributed by atoms with van der Waals surface area (Å²) in [6, 6.07) is 8.70. The number of nitrogens with zero attached hydrogens (tertiary/aromatic N) is 2. The van der Waals surface area contributed by atoms with Crippen LogP contribution in [0.15, 0.2) is 48.8 Å². The SMILES string of the molecule is O=C1C=CN2Cc3ccccc3CN3C=CC(=O)[C@H]4[C@@H]1[C@@H]2[C@H]43. The molecule has 4 aliphatic rings. The summed E-state index contributed by atoms with van der Waals surface area (Å²) in [5.41, 5.74) is 2.60. The summed E-state index contributed by atoms with van der Waals surface area (Å²) in [5.74, 6) is -0.111. The quantitative estimate of drug-likeness (QED) is 0.726. The minimum Gasteiger partial charge on any atom is -0.367 e. The molecule has 0 aromatic heterocycles. The summed E-state index contributed by atoms with van der Waals surface area (Å²) >= 11 is 0. The molecule has 110 valence electrons. The maximum absolute atomic E-state index is 12.3. The van der Waals surface area contributed by atoms with Gasteiger partial charge in [0.1, 0.15) is 0 Å². The monoisotopic (exact) mass is 292 g/mol. The van der Waals surface area contributed by atoms with Crippen molar-refractivity contribution >= 4 is 11.6 Å². The first-order valence-electron chi connectivity index (χ1n) is 7.76. The number of benzene rings is 1. The number of ketones is 2. The third-order valence-electron chi connectivity index (χ3n) is 5.58. The number of carbonyl (C=O) groups excluding carboxylic acids is 2. The van der Waals surface area contributed by atoms with E-state index in [0.29, 0.717) is 0 Å². The van der Waals surface area contributed by atoms with Crippen molar-refractivity contribution in [3.8, 4) is 0 Å². The van der Waals surface area contributed by atoms with Crippen molar-refractivity contribution in [2.24, 2.45) is 11.8 Å². The Morgan fingerprint density at radius 1 is 0.773 bits per heavy atom. The van der Waals surface area contributed by atoms with Crippen LogP contribution < -0.4 is 0 Å². The molecule has 1 fully saturated rings. The van der Waals surface area contributed by atoms with Crippen molar-refractivity contribution in [3.63, 3.8) is 0 Å². The molecule has 4 nitrogen and oxygen atoms in total. The Kier molecular flexibility index (Phi) is 2.27. The summed E-state index contributed by atoms with van der Waals surface area (Å²) in [5, 5.41) is 0. The van der Waals surface area contributed by atoms with Gasteiger partial charge in [-0.2, -0.15) is 0 Å². The molecule has 22 heavy (non-hydrogen) atoms. The average molecular weight is 292 g/mol. The van der Waals surface area contributed by atoms with Gasteiger partial charge in [-0.3, -0.25) is 9.59 Å². The highest BCUT2D eigenvalue weighted by atomic mass is 16.1. The minimum atomic E-state index is -0.166. The third kappa shape index (κ3) is 1.42. The lowest BCUT2D eigenvalue weighted by Crippen LogP contribution is -2.73. The summed E-state index contributed by atoms with van der Waals surface area (Å²) < 4.78 is 0. The molecule has 1 aliphatic carbocycles. The third-order valence-corrected chi connectivity index (χ3v) is 5.58. The molecule has 0 unspecified atom stereocenters. The molecule has 4 heteroatoms. The van der Waals surface area contributed by atoms with Crippen molar-refractivity contribution < 1.29 is 9.59 Å². The second-order valence-corrected chi connectivity index (χ2v) is 6.58. The van der Waals surface area contributed by atoms with Crippen molar-refractivity contribution in [2.45, 2.75) is 25.2 Å². The van der Waals surface area contributed by atoms with Crippen molar-refractivity contribution in [1.29, 1.82) is 0 Å². The highest BCUT2D eigenvalue weighted by Crippen LogP contribution is 2.49. The van der Waals surface area contributed by atoms with E-state index in [4.69, 9.17) is 0 Å². The smallest absolute Gasteiger partial charge is 0.163 e. The van der Waals surface area contributed by atoms with E-state index >= 15 is 0 Å². The summed E-state index contributed by atoms with van der Waals surface area (Å²) in [4.78, 5) is 29.0. The molecule has 0 bridgehead atoms. The van der Waals surface area contributed by atoms with Gasteiger partial charge >= 0.3 is 0 Å². The van der Waals surface area contributed by atoms with Crippen LogP contribution in [0.2, 0.25) is 0 Å². The first kappa shape index (κ1) is 12.2. The minimum absolute atomic E-state index is 0.111. The fraction of sp³-hybridized carbons (Fsp3) is 0.333. The predicted octanol–water partition coefficient (Wildman–Crippen LogP) is 1.48. The van der Waals surface area contributed by atoms with E-state index in [9.17, 15) is 9.59 Å². The number of hydrogen-bond donors (Lipinski definition) is 0. The van der Waals surface area contributed by atoms with Gasteiger partial charge in [-0.1, -0.05) is 24.3 Å². The number of fused-ring (bicyclic) bond motifs is 2. The summed E-state index contributed by atoms with van der Waals surface area (Å²) in [7, 11) is 0. The molecule has 0 amide bonds. The highest BCUT2D eigenvalue weighted by Gasteiger charge is 2.62. The van der Waals surface area contributed by atoms with E-state index in [-0.39, 0.29) is 35.5 Å². The van der Waals surface area contributed by atoms with Crippen LogP contribution in [0.1, 0.15) is 11.1 Å². The molecule has 3 heterocycles. The van der Waals surface area contributed by atoms with E-state index in [0.717, 1.165) is 13.1 Å². The average Bonchev–Trinajstić information content (AvgIpc) is 2.47. The zero-order chi connectivity index (χ0) is 14.8. The van der Waals surface area contributed by atoms with Gasteiger partial charge in [-0.05, 0) is 23.3 Å². The van der Waals surface area contributed by atoms with Gasteiger partial charge in [0, 0.05) is 25.5 Å². The van der Waals surface area contributed by atoms with Gasteiger partial charge in [0.05, 0.1) is 23.9 Å². The zero-order valence-corrected chi connectivity index (χ0v) is 12.1. The normalized spacial score (nSPS) is 34.5. The van der Waals surface area contributed by atoms with Crippen LogP contribution in [0.3, 0.4) is 0 Å². The number of hydrogen-bond acceptors (Lipinski definition) is 4. The maximum atomic E-state index is 12.3. The highest BCUT2D eigenvalue weighted by molar-refractivity contribution is 6.03. The van der Waals surface area contributed by atoms with Gasteiger partial charge in [0.25, 0.3) is 0 Å². The van der Waals surface area contributed by atoms with E-state index in [1.54, 1.807) is 12.2 Å². The summed E-state index contributed by atoms with van der Waals surface area (Å²) in [6.07, 6.45) is 7.14. The van der Waals surface area contributed by atoms with Gasteiger partial charge in [0.2, 0.25) is 0 Å². The molecule has 3 aliphatic heterocycles. The predicted molar refractivity (Wildman–Crippen MR) is 80.4 cm³/mol. The second-order valence-electron chi connectivity index (χ2n) is 6.58. The van der Waals surface area contributed by atoms with E-state index in [2.05, 4.69) is 34.1 Å². The molecule has 1 aromatic carbocycles. The maximum Gasteiger partial charge on any atom is 0.163 e. The van der Waals surface area contributed by atoms with Gasteiger partial charge < -0.3 is 9.80 Å². The second kappa shape index (κ2) is 4.09. The van der Waals surface area contributed by atoms with Crippen LogP contribution in [-0.2, 0) is 22.7 Å². The van der Waals surface area contributed by atoms with Crippen LogP contribution >= 0.6 is 0 Å².